The summed E-state index contributed by atoms with van der Waals surface area (Å²) in [5.74, 6) is 1.41. The highest BCUT2D eigenvalue weighted by molar-refractivity contribution is 7.99. The molecule has 3 rings (SSSR count). The van der Waals surface area contributed by atoms with E-state index in [0.717, 1.165) is 46.6 Å². The van der Waals surface area contributed by atoms with Gasteiger partial charge in [0.1, 0.15) is 6.04 Å². The molecule has 1 amide bonds. The van der Waals surface area contributed by atoms with E-state index in [9.17, 15) is 14.7 Å². The average molecular weight is 565 g/mol. The molecule has 39 heavy (non-hydrogen) atoms. The van der Waals surface area contributed by atoms with Gasteiger partial charge in [-0.25, -0.2) is 4.79 Å². The first-order valence-corrected chi connectivity index (χ1v) is 16.0. The maximum Gasteiger partial charge on any atom is 0.326 e. The van der Waals surface area contributed by atoms with E-state index in [1.807, 2.05) is 67.4 Å². The number of aliphatic carboxylic acids is 1. The van der Waals surface area contributed by atoms with Crippen LogP contribution in [-0.4, -0.2) is 52.6 Å². The van der Waals surface area contributed by atoms with Crippen LogP contribution in [0.1, 0.15) is 46.8 Å². The minimum absolute atomic E-state index is 0.360. The second-order valence-electron chi connectivity index (χ2n) is 9.60. The highest BCUT2D eigenvalue weighted by atomic mass is 32.2. The normalized spacial score (nSPS) is 12.6. The monoisotopic (exact) mass is 564 g/mol. The van der Waals surface area contributed by atoms with E-state index >= 15 is 0 Å². The number of carbonyl (C=O) groups excluding carboxylic acids is 1. The third-order valence-electron chi connectivity index (χ3n) is 6.72. The number of carboxylic acids is 1. The third-order valence-corrected chi connectivity index (χ3v) is 8.41. The van der Waals surface area contributed by atoms with E-state index in [4.69, 9.17) is 0 Å². The number of amides is 1. The zero-order chi connectivity index (χ0) is 28.0. The number of benzene rings is 3. The second kappa shape index (κ2) is 16.4. The molecule has 0 aliphatic rings. The number of rotatable bonds is 16. The van der Waals surface area contributed by atoms with Crippen molar-refractivity contribution in [1.29, 1.82) is 0 Å². The average Bonchev–Trinajstić information content (AvgIpc) is 2.95. The Labute approximate surface area is 241 Å². The molecule has 0 saturated heterocycles. The summed E-state index contributed by atoms with van der Waals surface area (Å²) in [5, 5.41) is 16.1. The van der Waals surface area contributed by atoms with Crippen molar-refractivity contribution in [3.8, 4) is 11.1 Å². The summed E-state index contributed by atoms with van der Waals surface area (Å²) >= 11 is 3.51. The molecule has 0 aliphatic carbocycles. The first-order valence-electron chi connectivity index (χ1n) is 13.5. The summed E-state index contributed by atoms with van der Waals surface area (Å²) < 4.78 is 0. The smallest absolute Gasteiger partial charge is 0.326 e. The van der Waals surface area contributed by atoms with Crippen LogP contribution in [0.2, 0.25) is 0 Å². The topological polar surface area (TPSA) is 78.4 Å². The van der Waals surface area contributed by atoms with Crippen molar-refractivity contribution in [1.82, 2.24) is 10.6 Å². The number of carbonyl (C=O) groups is 2. The Balaban J connectivity index is 1.81. The lowest BCUT2D eigenvalue weighted by atomic mass is 9.93. The van der Waals surface area contributed by atoms with Crippen molar-refractivity contribution in [2.45, 2.75) is 51.7 Å². The molecule has 0 aliphatic heterocycles. The molecule has 7 heteroatoms. The molecule has 0 radical (unpaired) electrons. The lowest BCUT2D eigenvalue weighted by Crippen LogP contribution is -2.41. The van der Waals surface area contributed by atoms with Gasteiger partial charge in [0, 0.05) is 23.9 Å². The number of nitrogens with one attached hydrogen (secondary N) is 2. The van der Waals surface area contributed by atoms with E-state index < -0.39 is 12.0 Å². The van der Waals surface area contributed by atoms with Crippen molar-refractivity contribution in [3.05, 3.63) is 95.1 Å². The van der Waals surface area contributed by atoms with Crippen LogP contribution in [0.3, 0.4) is 0 Å². The van der Waals surface area contributed by atoms with Crippen molar-refractivity contribution in [2.24, 2.45) is 0 Å². The highest BCUT2D eigenvalue weighted by Crippen LogP contribution is 2.28. The third kappa shape index (κ3) is 9.75. The van der Waals surface area contributed by atoms with Crippen molar-refractivity contribution in [3.63, 3.8) is 0 Å². The quantitative estimate of drug-likeness (QED) is 0.186. The second-order valence-corrected chi connectivity index (χ2v) is 11.9. The van der Waals surface area contributed by atoms with Gasteiger partial charge in [0.25, 0.3) is 5.91 Å². The minimum atomic E-state index is -1.01. The zero-order valence-electron chi connectivity index (χ0n) is 23.1. The van der Waals surface area contributed by atoms with E-state index in [1.54, 1.807) is 11.8 Å². The molecule has 0 bridgehead atoms. The summed E-state index contributed by atoms with van der Waals surface area (Å²) in [5.41, 5.74) is 5.79. The lowest BCUT2D eigenvalue weighted by molar-refractivity contribution is -0.139. The molecule has 0 heterocycles. The lowest BCUT2D eigenvalue weighted by Gasteiger charge is -2.20. The molecule has 2 atom stereocenters. The van der Waals surface area contributed by atoms with Crippen LogP contribution in [0.4, 0.5) is 0 Å². The standard InChI is InChI=1S/C32H40N2O3S2/c1-4-39-22-26(16-14-24-11-6-5-7-12-24)33-21-25-15-17-28(29(20-25)27-13-9-8-10-23(27)2)31(35)34-30(32(36)37)18-19-38-3/h5-13,15,17,20,26,30,33H,4,14,16,18-19,21-22H2,1-3H3,(H,34,35)(H,36,37). The summed E-state index contributed by atoms with van der Waals surface area (Å²) in [6.07, 6.45) is 4.38. The predicted octanol–water partition coefficient (Wildman–Crippen LogP) is 6.44. The Kier molecular flexibility index (Phi) is 12.9. The maximum absolute atomic E-state index is 13.3. The van der Waals surface area contributed by atoms with E-state index in [1.165, 1.54) is 5.56 Å². The van der Waals surface area contributed by atoms with E-state index in [-0.39, 0.29) is 5.91 Å². The van der Waals surface area contributed by atoms with E-state index in [2.05, 4.69) is 47.9 Å². The molecule has 0 aromatic heterocycles. The Morgan fingerprint density at radius 3 is 2.36 bits per heavy atom. The van der Waals surface area contributed by atoms with Crippen LogP contribution >= 0.6 is 23.5 Å². The molecule has 2 unspecified atom stereocenters. The molecule has 5 nitrogen and oxygen atoms in total. The van der Waals surface area contributed by atoms with Crippen molar-refractivity contribution >= 4 is 35.4 Å². The van der Waals surface area contributed by atoms with Crippen LogP contribution < -0.4 is 10.6 Å². The van der Waals surface area contributed by atoms with Crippen LogP contribution in [-0.2, 0) is 17.8 Å². The van der Waals surface area contributed by atoms with Crippen molar-refractivity contribution < 1.29 is 14.7 Å². The number of hydrogen-bond acceptors (Lipinski definition) is 5. The maximum atomic E-state index is 13.3. The molecular weight excluding hydrogens is 524 g/mol. The molecular formula is C32H40N2O3S2. The van der Waals surface area contributed by atoms with Gasteiger partial charge in [-0.15, -0.1) is 0 Å². The van der Waals surface area contributed by atoms with Crippen LogP contribution in [0.25, 0.3) is 11.1 Å². The predicted molar refractivity (Wildman–Crippen MR) is 167 cm³/mol. The number of thioether (sulfide) groups is 2. The largest absolute Gasteiger partial charge is 0.480 e. The van der Waals surface area contributed by atoms with Gasteiger partial charge in [-0.1, -0.05) is 67.6 Å². The zero-order valence-corrected chi connectivity index (χ0v) is 24.7. The first-order chi connectivity index (χ1) is 18.9. The van der Waals surface area contributed by atoms with Crippen LogP contribution in [0.5, 0.6) is 0 Å². The summed E-state index contributed by atoms with van der Waals surface area (Å²) in [6.45, 7) is 4.91. The SMILES string of the molecule is CCSCC(CCc1ccccc1)NCc1ccc(C(=O)NC(CCSC)C(=O)O)c(-c2ccccc2C)c1. The van der Waals surface area contributed by atoms with Crippen LogP contribution in [0.15, 0.2) is 72.8 Å². The highest BCUT2D eigenvalue weighted by Gasteiger charge is 2.23. The molecule has 0 spiro atoms. The summed E-state index contributed by atoms with van der Waals surface area (Å²) in [7, 11) is 0. The fourth-order valence-corrected chi connectivity index (χ4v) is 5.75. The molecule has 3 aromatic rings. The molecule has 208 valence electrons. The fourth-order valence-electron chi connectivity index (χ4n) is 4.48. The Morgan fingerprint density at radius 2 is 1.67 bits per heavy atom. The van der Waals surface area contributed by atoms with Crippen LogP contribution in [0, 0.1) is 6.92 Å². The van der Waals surface area contributed by atoms with Gasteiger partial charge >= 0.3 is 5.97 Å². The Bertz CT molecular complexity index is 1200. The fraction of sp³-hybridized carbons (Fsp3) is 0.375. The molecule has 3 N–H and O–H groups in total. The number of hydrogen-bond donors (Lipinski definition) is 3. The number of aryl methyl sites for hydroxylation is 2. The van der Waals surface area contributed by atoms with Gasteiger partial charge in [0.05, 0.1) is 0 Å². The Hall–Kier alpha value is -2.74. The van der Waals surface area contributed by atoms with Gasteiger partial charge in [-0.2, -0.15) is 23.5 Å². The van der Waals surface area contributed by atoms with Gasteiger partial charge in [0.2, 0.25) is 0 Å². The van der Waals surface area contributed by atoms with Crippen molar-refractivity contribution in [2.75, 3.05) is 23.5 Å². The molecule has 0 fully saturated rings. The number of carboxylic acid groups (broad SMARTS) is 1. The van der Waals surface area contributed by atoms with Gasteiger partial charge in [0.15, 0.2) is 0 Å². The summed E-state index contributed by atoms with van der Waals surface area (Å²) in [6, 6.07) is 23.9. The minimum Gasteiger partial charge on any atom is -0.480 e. The first kappa shape index (κ1) is 30.8. The van der Waals surface area contributed by atoms with E-state index in [0.29, 0.717) is 30.3 Å². The van der Waals surface area contributed by atoms with Gasteiger partial charge < -0.3 is 15.7 Å². The Morgan fingerprint density at radius 1 is 0.923 bits per heavy atom. The molecule has 3 aromatic carbocycles. The van der Waals surface area contributed by atoms with Gasteiger partial charge in [-0.05, 0) is 83.9 Å². The molecule has 0 saturated carbocycles. The van der Waals surface area contributed by atoms with Gasteiger partial charge in [-0.3, -0.25) is 4.79 Å². The summed E-state index contributed by atoms with van der Waals surface area (Å²) in [4.78, 5) is 25.1.